The van der Waals surface area contributed by atoms with Gasteiger partial charge in [0.1, 0.15) is 5.75 Å². The third-order valence-corrected chi connectivity index (χ3v) is 5.42. The molecule has 0 spiro atoms. The molecular formula is C21H20Cl2N4O2. The minimum atomic E-state index is -0.0813. The molecule has 0 unspecified atom stereocenters. The lowest BCUT2D eigenvalue weighted by Crippen LogP contribution is -2.49. The van der Waals surface area contributed by atoms with Crippen LogP contribution in [0.5, 0.6) is 5.75 Å². The number of nitrogens with zero attached hydrogens (tertiary/aromatic N) is 4. The van der Waals surface area contributed by atoms with E-state index in [1.165, 1.54) is 0 Å². The zero-order valence-electron chi connectivity index (χ0n) is 15.9. The third-order valence-electron chi connectivity index (χ3n) is 4.95. The highest BCUT2D eigenvalue weighted by Crippen LogP contribution is 2.26. The average Bonchev–Trinajstić information content (AvgIpc) is 3.23. The first-order valence-electron chi connectivity index (χ1n) is 9.24. The van der Waals surface area contributed by atoms with Gasteiger partial charge in [-0.3, -0.25) is 9.36 Å². The van der Waals surface area contributed by atoms with Crippen molar-refractivity contribution >= 4 is 35.1 Å². The van der Waals surface area contributed by atoms with Gasteiger partial charge in [0, 0.05) is 54.3 Å². The molecule has 1 fully saturated rings. The number of anilines is 1. The molecule has 8 heteroatoms. The average molecular weight is 431 g/mol. The maximum atomic E-state index is 13.0. The number of carbonyl (C=O) groups is 1. The summed E-state index contributed by atoms with van der Waals surface area (Å²) in [5.74, 6) is 1.28. The number of carbonyl (C=O) groups excluding carboxylic acids is 1. The van der Waals surface area contributed by atoms with Gasteiger partial charge in [-0.2, -0.15) is 0 Å². The van der Waals surface area contributed by atoms with E-state index >= 15 is 0 Å². The van der Waals surface area contributed by atoms with E-state index in [0.717, 1.165) is 11.6 Å². The number of hydrogen-bond acceptors (Lipinski definition) is 4. The van der Waals surface area contributed by atoms with Crippen molar-refractivity contribution in [3.05, 3.63) is 70.5 Å². The molecule has 150 valence electrons. The van der Waals surface area contributed by atoms with Crippen LogP contribution in [0.2, 0.25) is 10.0 Å². The predicted molar refractivity (Wildman–Crippen MR) is 115 cm³/mol. The van der Waals surface area contributed by atoms with Crippen molar-refractivity contribution in [2.45, 2.75) is 0 Å². The largest absolute Gasteiger partial charge is 0.496 e. The molecule has 0 N–H and O–H groups in total. The Balaban J connectivity index is 1.49. The van der Waals surface area contributed by atoms with Crippen molar-refractivity contribution in [2.75, 3.05) is 38.2 Å². The van der Waals surface area contributed by atoms with E-state index in [-0.39, 0.29) is 5.91 Å². The molecule has 0 radical (unpaired) electrons. The molecule has 29 heavy (non-hydrogen) atoms. The van der Waals surface area contributed by atoms with Gasteiger partial charge >= 0.3 is 0 Å². The summed E-state index contributed by atoms with van der Waals surface area (Å²) >= 11 is 12.2. The number of hydrogen-bond donors (Lipinski definition) is 0. The van der Waals surface area contributed by atoms with Crippen LogP contribution in [0.25, 0.3) is 5.69 Å². The van der Waals surface area contributed by atoms with Gasteiger partial charge in [-0.1, -0.05) is 29.3 Å². The fourth-order valence-electron chi connectivity index (χ4n) is 3.48. The molecule has 0 saturated carbocycles. The lowest BCUT2D eigenvalue weighted by Gasteiger charge is -2.35. The summed E-state index contributed by atoms with van der Waals surface area (Å²) in [6.45, 7) is 2.51. The zero-order chi connectivity index (χ0) is 20.4. The smallest absolute Gasteiger partial charge is 0.257 e. The second-order valence-electron chi connectivity index (χ2n) is 6.70. The molecule has 6 nitrogen and oxygen atoms in total. The van der Waals surface area contributed by atoms with Crippen LogP contribution >= 0.6 is 23.2 Å². The fourth-order valence-corrected chi connectivity index (χ4v) is 3.84. The van der Waals surface area contributed by atoms with Crippen molar-refractivity contribution in [3.63, 3.8) is 0 Å². The Morgan fingerprint density at radius 3 is 2.52 bits per heavy atom. The monoisotopic (exact) mass is 430 g/mol. The maximum Gasteiger partial charge on any atom is 0.257 e. The Morgan fingerprint density at radius 1 is 1.03 bits per heavy atom. The number of ether oxygens (including phenoxy) is 1. The van der Waals surface area contributed by atoms with Crippen molar-refractivity contribution in [2.24, 2.45) is 0 Å². The first-order valence-corrected chi connectivity index (χ1v) is 9.99. The fraction of sp³-hybridized carbons (Fsp3) is 0.238. The van der Waals surface area contributed by atoms with E-state index in [0.29, 0.717) is 47.5 Å². The van der Waals surface area contributed by atoms with Gasteiger partial charge in [-0.05, 0) is 36.4 Å². The van der Waals surface area contributed by atoms with Gasteiger partial charge in [-0.15, -0.1) is 0 Å². The highest BCUT2D eigenvalue weighted by Gasteiger charge is 2.26. The van der Waals surface area contributed by atoms with Gasteiger partial charge in [0.15, 0.2) is 0 Å². The van der Waals surface area contributed by atoms with Crippen molar-refractivity contribution in [3.8, 4) is 11.4 Å². The van der Waals surface area contributed by atoms with E-state index in [1.807, 2.05) is 39.9 Å². The number of imidazole rings is 1. The number of rotatable bonds is 4. The number of aromatic nitrogens is 2. The summed E-state index contributed by atoms with van der Waals surface area (Å²) in [5, 5.41) is 1.18. The predicted octanol–water partition coefficient (Wildman–Crippen LogP) is 4.15. The molecule has 1 amide bonds. The molecular weight excluding hydrogens is 411 g/mol. The second kappa shape index (κ2) is 8.35. The molecule has 3 aromatic rings. The molecule has 2 aromatic carbocycles. The summed E-state index contributed by atoms with van der Waals surface area (Å²) < 4.78 is 7.33. The maximum absolute atomic E-state index is 13.0. The van der Waals surface area contributed by atoms with Crippen LogP contribution in [-0.4, -0.2) is 53.6 Å². The molecule has 1 aliphatic rings. The minimum absolute atomic E-state index is 0.0813. The van der Waals surface area contributed by atoms with Gasteiger partial charge < -0.3 is 14.5 Å². The SMILES string of the molecule is COc1ccc(Cl)cc1C(=O)N1CCN(c2nccn2-c2cccc(Cl)c2)CC1. The third kappa shape index (κ3) is 4.04. The molecule has 1 aromatic heterocycles. The summed E-state index contributed by atoms with van der Waals surface area (Å²) in [6, 6.07) is 12.7. The normalized spacial score (nSPS) is 14.2. The molecule has 0 aliphatic carbocycles. The van der Waals surface area contributed by atoms with Crippen LogP contribution < -0.4 is 9.64 Å². The Hall–Kier alpha value is -2.70. The van der Waals surface area contributed by atoms with Gasteiger partial charge in [0.05, 0.1) is 12.7 Å². The van der Waals surface area contributed by atoms with E-state index in [4.69, 9.17) is 27.9 Å². The number of halogens is 2. The van der Waals surface area contributed by atoms with E-state index in [9.17, 15) is 4.79 Å². The highest BCUT2D eigenvalue weighted by atomic mass is 35.5. The van der Waals surface area contributed by atoms with Gasteiger partial charge in [0.25, 0.3) is 5.91 Å². The summed E-state index contributed by atoms with van der Waals surface area (Å²) in [4.78, 5) is 21.5. The lowest BCUT2D eigenvalue weighted by atomic mass is 10.1. The Bertz CT molecular complexity index is 1030. The summed E-state index contributed by atoms with van der Waals surface area (Å²) in [7, 11) is 1.55. The molecule has 4 rings (SSSR count). The van der Waals surface area contributed by atoms with E-state index < -0.39 is 0 Å². The van der Waals surface area contributed by atoms with Crippen LogP contribution in [0.3, 0.4) is 0 Å². The number of amides is 1. The van der Waals surface area contributed by atoms with E-state index in [1.54, 1.807) is 31.5 Å². The molecule has 1 aliphatic heterocycles. The molecule has 0 bridgehead atoms. The van der Waals surface area contributed by atoms with Crippen LogP contribution in [-0.2, 0) is 0 Å². The van der Waals surface area contributed by atoms with Crippen LogP contribution in [0.15, 0.2) is 54.9 Å². The number of benzene rings is 2. The van der Waals surface area contributed by atoms with E-state index in [2.05, 4.69) is 9.88 Å². The second-order valence-corrected chi connectivity index (χ2v) is 7.57. The van der Waals surface area contributed by atoms with Gasteiger partial charge in [-0.25, -0.2) is 4.98 Å². The van der Waals surface area contributed by atoms with Gasteiger partial charge in [0.2, 0.25) is 5.95 Å². The van der Waals surface area contributed by atoms with Crippen molar-refractivity contribution < 1.29 is 9.53 Å². The topological polar surface area (TPSA) is 50.6 Å². The quantitative estimate of drug-likeness (QED) is 0.623. The Labute approximate surface area is 179 Å². The standard InChI is InChI=1S/C21H20Cl2N4O2/c1-29-19-6-5-16(23)14-18(19)20(28)25-9-11-26(12-10-25)21-24-7-8-27(21)17-4-2-3-15(22)13-17/h2-8,13-14H,9-12H2,1H3. The number of piperazine rings is 1. The lowest BCUT2D eigenvalue weighted by molar-refractivity contribution is 0.0743. The first kappa shape index (κ1) is 19.6. The van der Waals surface area contributed by atoms with Crippen LogP contribution in [0.4, 0.5) is 5.95 Å². The molecule has 2 heterocycles. The van der Waals surface area contributed by atoms with Crippen molar-refractivity contribution in [1.29, 1.82) is 0 Å². The molecule has 1 saturated heterocycles. The highest BCUT2D eigenvalue weighted by molar-refractivity contribution is 6.31. The van der Waals surface area contributed by atoms with Crippen molar-refractivity contribution in [1.82, 2.24) is 14.5 Å². The summed E-state index contributed by atoms with van der Waals surface area (Å²) in [5.41, 5.74) is 1.43. The first-order chi connectivity index (χ1) is 14.1. The molecule has 0 atom stereocenters. The van der Waals surface area contributed by atoms with Crippen LogP contribution in [0.1, 0.15) is 10.4 Å². The number of methoxy groups -OCH3 is 1. The Kier molecular flexibility index (Phi) is 5.65. The van der Waals surface area contributed by atoms with Crippen LogP contribution in [0, 0.1) is 0 Å². The minimum Gasteiger partial charge on any atom is -0.496 e. The Morgan fingerprint density at radius 2 is 1.79 bits per heavy atom. The summed E-state index contributed by atoms with van der Waals surface area (Å²) in [6.07, 6.45) is 3.68. The zero-order valence-corrected chi connectivity index (χ0v) is 17.4.